The number of ether oxygens (including phenoxy) is 2. The van der Waals surface area contributed by atoms with Crippen LogP contribution in [0.5, 0.6) is 0 Å². The molecule has 0 radical (unpaired) electrons. The molecule has 2 heterocycles. The van der Waals surface area contributed by atoms with Gasteiger partial charge in [-0.25, -0.2) is 19.4 Å². The van der Waals surface area contributed by atoms with E-state index in [1.54, 1.807) is 6.20 Å². The predicted octanol–water partition coefficient (Wildman–Crippen LogP) is 1.95. The second-order valence-corrected chi connectivity index (χ2v) is 8.16. The summed E-state index contributed by atoms with van der Waals surface area (Å²) in [6.45, 7) is 10.0. The number of hydrogen-bond donors (Lipinski definition) is 1. The van der Waals surface area contributed by atoms with Crippen molar-refractivity contribution in [2.24, 2.45) is 15.7 Å². The molecule has 1 saturated heterocycles. The van der Waals surface area contributed by atoms with Crippen molar-refractivity contribution in [2.45, 2.75) is 26.9 Å². The molecule has 1 fully saturated rings. The van der Waals surface area contributed by atoms with Crippen LogP contribution in [0.4, 0.5) is 8.78 Å². The van der Waals surface area contributed by atoms with Gasteiger partial charge >= 0.3 is 5.96 Å². The molecule has 1 aromatic rings. The van der Waals surface area contributed by atoms with Crippen molar-refractivity contribution in [1.82, 2.24) is 19.8 Å². The third-order valence-corrected chi connectivity index (χ3v) is 5.62. The van der Waals surface area contributed by atoms with Gasteiger partial charge in [0.1, 0.15) is 13.0 Å². The molecule has 10 nitrogen and oxygen atoms in total. The van der Waals surface area contributed by atoms with Gasteiger partial charge in [0.05, 0.1) is 65.1 Å². The minimum absolute atomic E-state index is 0.296. The first-order valence-corrected chi connectivity index (χ1v) is 12.3. The van der Waals surface area contributed by atoms with Crippen molar-refractivity contribution >= 4 is 11.8 Å². The van der Waals surface area contributed by atoms with Gasteiger partial charge in [0.2, 0.25) is 0 Å². The van der Waals surface area contributed by atoms with E-state index in [4.69, 9.17) is 19.5 Å². The average Bonchev–Trinajstić information content (AvgIpc) is 2.93. The highest BCUT2D eigenvalue weighted by molar-refractivity contribution is 6.05. The van der Waals surface area contributed by atoms with Crippen LogP contribution >= 0.6 is 0 Å². The van der Waals surface area contributed by atoms with Crippen LogP contribution < -0.4 is 5.73 Å². The average molecular weight is 518 g/mol. The maximum Gasteiger partial charge on any atom is 0.306 e. The fraction of sp³-hybridized carbons (Fsp3) is 0.750. The highest BCUT2D eigenvalue weighted by Gasteiger charge is 2.30. The maximum absolute atomic E-state index is 13.7. The number of quaternary nitrogens is 1. The Kier molecular flexibility index (Phi) is 18.8. The molecular weight excluding hydrogens is 470 g/mol. The van der Waals surface area contributed by atoms with Crippen LogP contribution in [0.1, 0.15) is 31.5 Å². The van der Waals surface area contributed by atoms with Crippen molar-refractivity contribution < 1.29 is 22.7 Å². The van der Waals surface area contributed by atoms with E-state index in [1.165, 1.54) is 13.4 Å². The number of halogens is 2. The van der Waals surface area contributed by atoms with Crippen LogP contribution in [-0.4, -0.2) is 131 Å². The summed E-state index contributed by atoms with van der Waals surface area (Å²) in [5, 5.41) is 0. The van der Waals surface area contributed by atoms with Crippen LogP contribution in [0, 0.1) is 0 Å². The molecule has 1 atom stereocenters. The molecular formula is C24H47F2N8O2+. The molecule has 1 unspecified atom stereocenters. The molecule has 0 amide bonds. The Balaban J connectivity index is 0.00000291. The lowest BCUT2D eigenvalue weighted by molar-refractivity contribution is -0.824. The molecule has 12 heteroatoms. The molecule has 2 rings (SSSR count). The largest absolute Gasteiger partial charge is 0.382 e. The number of alkyl halides is 2. The molecule has 1 aliphatic heterocycles. The third kappa shape index (κ3) is 11.3. The monoisotopic (exact) mass is 517 g/mol. The number of morpholine rings is 1. The first-order valence-electron chi connectivity index (χ1n) is 12.3. The number of amidine groups is 1. The lowest BCUT2D eigenvalue weighted by atomic mass is 10.2. The van der Waals surface area contributed by atoms with Crippen LogP contribution in [0.2, 0.25) is 0 Å². The van der Waals surface area contributed by atoms with Gasteiger partial charge in [-0.1, -0.05) is 0 Å². The summed E-state index contributed by atoms with van der Waals surface area (Å²) in [6, 6.07) is 0. The van der Waals surface area contributed by atoms with E-state index in [-0.39, 0.29) is 0 Å². The zero-order chi connectivity index (χ0) is 27.4. The molecule has 2 N–H and O–H groups in total. The molecule has 0 spiro atoms. The molecule has 36 heavy (non-hydrogen) atoms. The molecule has 1 aromatic heterocycles. The van der Waals surface area contributed by atoms with E-state index in [1.807, 2.05) is 25.9 Å². The SMILES string of the molecule is CCOCCC[N+](C)(CC)C(=N/C(=N\CN1CCOCC1)c1cncnc1CF)N(C)C.CF.CN. The summed E-state index contributed by atoms with van der Waals surface area (Å²) in [7, 11) is 8.11. The molecule has 0 bridgehead atoms. The maximum atomic E-state index is 13.7. The van der Waals surface area contributed by atoms with Crippen LogP contribution in [0.15, 0.2) is 22.5 Å². The van der Waals surface area contributed by atoms with Gasteiger partial charge in [-0.3, -0.25) is 13.8 Å². The van der Waals surface area contributed by atoms with Gasteiger partial charge in [0.25, 0.3) is 0 Å². The zero-order valence-electron chi connectivity index (χ0n) is 23.2. The highest BCUT2D eigenvalue weighted by atomic mass is 19.1. The quantitative estimate of drug-likeness (QED) is 0.219. The summed E-state index contributed by atoms with van der Waals surface area (Å²) in [4.78, 5) is 22.2. The number of guanidine groups is 1. The van der Waals surface area contributed by atoms with Gasteiger partial charge in [-0.15, -0.1) is 0 Å². The van der Waals surface area contributed by atoms with Crippen molar-refractivity contribution in [3.8, 4) is 0 Å². The lowest BCUT2D eigenvalue weighted by Gasteiger charge is -2.36. The van der Waals surface area contributed by atoms with E-state index < -0.39 is 6.67 Å². The Bertz CT molecular complexity index is 761. The minimum atomic E-state index is -0.699. The van der Waals surface area contributed by atoms with Crippen LogP contribution in [-0.2, 0) is 16.1 Å². The van der Waals surface area contributed by atoms with Crippen molar-refractivity contribution in [2.75, 3.05) is 94.6 Å². The van der Waals surface area contributed by atoms with Crippen molar-refractivity contribution in [3.63, 3.8) is 0 Å². The van der Waals surface area contributed by atoms with Gasteiger partial charge in [0.15, 0.2) is 5.84 Å². The first-order chi connectivity index (χ1) is 17.4. The van der Waals surface area contributed by atoms with Crippen molar-refractivity contribution in [3.05, 3.63) is 23.8 Å². The number of aliphatic imine (C=N–C) groups is 2. The van der Waals surface area contributed by atoms with Gasteiger partial charge < -0.3 is 20.1 Å². The highest BCUT2D eigenvalue weighted by Crippen LogP contribution is 2.14. The van der Waals surface area contributed by atoms with E-state index in [0.29, 0.717) is 61.8 Å². The fourth-order valence-electron chi connectivity index (χ4n) is 3.60. The summed E-state index contributed by atoms with van der Waals surface area (Å²) >= 11 is 0. The number of rotatable bonds is 10. The smallest absolute Gasteiger partial charge is 0.306 e. The predicted molar refractivity (Wildman–Crippen MR) is 142 cm³/mol. The lowest BCUT2D eigenvalue weighted by Crippen LogP contribution is -2.55. The number of hydrogen-bond acceptors (Lipinski definition) is 7. The Morgan fingerprint density at radius 1 is 1.25 bits per heavy atom. The number of aromatic nitrogens is 2. The Morgan fingerprint density at radius 3 is 2.47 bits per heavy atom. The van der Waals surface area contributed by atoms with E-state index in [2.05, 4.69) is 34.6 Å². The Labute approximate surface area is 215 Å². The standard InChI is InChI=1S/C22H39FN7O2.CH3F.CH5N/c1-6-30(5,11-8-12-31-7-2)22(28(3)4)27-21(19-16-24-17-25-20(19)15-23)26-18-29-9-13-32-14-10-29;2*1-2/h16-17H,6-15,18H2,1-5H3;1H3;2H2,1H3/q+1;;/b26-21-,27-22?;;. The summed E-state index contributed by atoms with van der Waals surface area (Å²) in [5.41, 5.74) is 5.32. The van der Waals surface area contributed by atoms with Crippen molar-refractivity contribution in [1.29, 1.82) is 0 Å². The minimum Gasteiger partial charge on any atom is -0.382 e. The Hall–Kier alpha value is -2.12. The second-order valence-electron chi connectivity index (χ2n) is 8.16. The van der Waals surface area contributed by atoms with E-state index in [0.717, 1.165) is 38.6 Å². The summed E-state index contributed by atoms with van der Waals surface area (Å²) in [5.74, 6) is 1.30. The number of nitrogens with two attached hydrogens (primary N) is 1. The fourth-order valence-corrected chi connectivity index (χ4v) is 3.60. The normalized spacial score (nSPS) is 16.3. The first kappa shape index (κ1) is 33.9. The molecule has 208 valence electrons. The number of nitrogens with zero attached hydrogens (tertiary/aromatic N) is 7. The van der Waals surface area contributed by atoms with Crippen LogP contribution in [0.25, 0.3) is 0 Å². The molecule has 0 aromatic carbocycles. The topological polar surface area (TPSA) is 101 Å². The molecule has 0 saturated carbocycles. The van der Waals surface area contributed by atoms with E-state index in [9.17, 15) is 8.78 Å². The third-order valence-electron chi connectivity index (χ3n) is 5.62. The van der Waals surface area contributed by atoms with Gasteiger partial charge in [-0.05, 0) is 20.9 Å². The molecule has 1 aliphatic rings. The summed E-state index contributed by atoms with van der Waals surface area (Å²) in [6.07, 6.45) is 3.87. The summed E-state index contributed by atoms with van der Waals surface area (Å²) < 4.78 is 34.8. The zero-order valence-corrected chi connectivity index (χ0v) is 23.2. The second kappa shape index (κ2) is 20.0. The van der Waals surface area contributed by atoms with Gasteiger partial charge in [0, 0.05) is 46.4 Å². The molecule has 0 aliphatic carbocycles. The van der Waals surface area contributed by atoms with Gasteiger partial charge in [-0.2, -0.15) is 4.99 Å². The Morgan fingerprint density at radius 2 is 1.92 bits per heavy atom. The van der Waals surface area contributed by atoms with Crippen LogP contribution in [0.3, 0.4) is 0 Å². The van der Waals surface area contributed by atoms with E-state index >= 15 is 0 Å².